The zero-order valence-electron chi connectivity index (χ0n) is 16.3. The number of rotatable bonds is 4. The van der Waals surface area contributed by atoms with Crippen LogP contribution in [-0.2, 0) is 0 Å². The molecule has 9 heteroatoms. The molecule has 2 saturated heterocycles. The van der Waals surface area contributed by atoms with Gasteiger partial charge in [0.1, 0.15) is 11.6 Å². The molecular weight excluding hydrogens is 382 g/mol. The fourth-order valence-corrected chi connectivity index (χ4v) is 4.51. The number of hydrogen-bond donors (Lipinski definition) is 4. The molecule has 5 rings (SSSR count). The zero-order chi connectivity index (χ0) is 20.7. The first-order chi connectivity index (χ1) is 14.6. The second-order valence-electron chi connectivity index (χ2n) is 7.76. The molecule has 9 nitrogen and oxygen atoms in total. The van der Waals surface area contributed by atoms with Crippen molar-refractivity contribution in [3.63, 3.8) is 0 Å². The molecule has 30 heavy (non-hydrogen) atoms. The number of fused-ring (bicyclic) bond motifs is 2. The predicted octanol–water partition coefficient (Wildman–Crippen LogP) is 0.924. The molecule has 2 atom stereocenters. The summed E-state index contributed by atoms with van der Waals surface area (Å²) in [6.07, 6.45) is 7.97. The molecule has 1 aromatic heterocycles. The third kappa shape index (κ3) is 3.08. The van der Waals surface area contributed by atoms with Crippen LogP contribution in [0.15, 0.2) is 54.3 Å². The van der Waals surface area contributed by atoms with Crippen LogP contribution in [0.5, 0.6) is 5.75 Å². The Kier molecular flexibility index (Phi) is 4.42. The van der Waals surface area contributed by atoms with Crippen LogP contribution in [0.4, 0.5) is 5.95 Å². The van der Waals surface area contributed by atoms with Crippen molar-refractivity contribution in [1.29, 1.82) is 0 Å². The molecule has 2 bridgehead atoms. The molecule has 2 fully saturated rings. The summed E-state index contributed by atoms with van der Waals surface area (Å²) in [5, 5.41) is 10.2. The number of aromatic hydroxyl groups is 1. The molecule has 0 saturated carbocycles. The molecule has 0 spiro atoms. The summed E-state index contributed by atoms with van der Waals surface area (Å²) in [5.41, 5.74) is 15.2. The van der Waals surface area contributed by atoms with Crippen molar-refractivity contribution in [3.8, 4) is 5.75 Å². The summed E-state index contributed by atoms with van der Waals surface area (Å²) in [6.45, 7) is 1.58. The number of aromatic nitrogens is 2. The van der Waals surface area contributed by atoms with Gasteiger partial charge < -0.3 is 20.6 Å². The number of likely N-dealkylation sites (tertiary alicyclic amines) is 1. The number of hydrogen-bond acceptors (Lipinski definition) is 9. The van der Waals surface area contributed by atoms with Gasteiger partial charge in [-0.15, -0.1) is 0 Å². The molecule has 0 aliphatic carbocycles. The number of allylic oxidation sites excluding steroid dienone is 1. The SMILES string of the molecule is NC1=C(N2CC3CCC(C2)N3c2ncc(C=O)cn2)C=C(c2ccccc2O)NN1. The van der Waals surface area contributed by atoms with Gasteiger partial charge >= 0.3 is 0 Å². The summed E-state index contributed by atoms with van der Waals surface area (Å²) in [5.74, 6) is 1.43. The number of phenolic OH excluding ortho intramolecular Hbond substituents is 1. The highest BCUT2D eigenvalue weighted by Gasteiger charge is 2.42. The number of benzene rings is 1. The van der Waals surface area contributed by atoms with E-state index in [4.69, 9.17) is 5.73 Å². The highest BCUT2D eigenvalue weighted by Crippen LogP contribution is 2.35. The molecule has 3 aliphatic rings. The molecule has 154 valence electrons. The van der Waals surface area contributed by atoms with Crippen molar-refractivity contribution in [3.05, 3.63) is 65.4 Å². The van der Waals surface area contributed by atoms with Crippen LogP contribution in [0.3, 0.4) is 0 Å². The predicted molar refractivity (Wildman–Crippen MR) is 112 cm³/mol. The average molecular weight is 405 g/mol. The van der Waals surface area contributed by atoms with Gasteiger partial charge in [-0.3, -0.25) is 15.6 Å². The van der Waals surface area contributed by atoms with E-state index in [0.29, 0.717) is 22.9 Å². The van der Waals surface area contributed by atoms with Crippen molar-refractivity contribution < 1.29 is 9.90 Å². The summed E-state index contributed by atoms with van der Waals surface area (Å²) < 4.78 is 0. The van der Waals surface area contributed by atoms with Crippen molar-refractivity contribution in [2.24, 2.45) is 5.73 Å². The number of carbonyl (C=O) groups is 1. The molecule has 0 amide bonds. The lowest BCUT2D eigenvalue weighted by Crippen LogP contribution is -2.55. The monoisotopic (exact) mass is 405 g/mol. The lowest BCUT2D eigenvalue weighted by molar-refractivity contribution is 0.112. The van der Waals surface area contributed by atoms with Crippen LogP contribution in [0.2, 0.25) is 0 Å². The molecule has 5 N–H and O–H groups in total. The fourth-order valence-electron chi connectivity index (χ4n) is 4.51. The van der Waals surface area contributed by atoms with Crippen molar-refractivity contribution in [2.75, 3.05) is 18.0 Å². The van der Waals surface area contributed by atoms with E-state index in [1.54, 1.807) is 24.5 Å². The Hall–Kier alpha value is -3.75. The Balaban J connectivity index is 1.40. The lowest BCUT2D eigenvalue weighted by atomic mass is 10.1. The van der Waals surface area contributed by atoms with Crippen molar-refractivity contribution in [1.82, 2.24) is 25.7 Å². The second kappa shape index (κ2) is 7.25. The number of phenols is 1. The maximum Gasteiger partial charge on any atom is 0.225 e. The van der Waals surface area contributed by atoms with E-state index in [2.05, 4.69) is 30.6 Å². The van der Waals surface area contributed by atoms with Gasteiger partial charge in [-0.25, -0.2) is 9.97 Å². The Morgan fingerprint density at radius 3 is 2.47 bits per heavy atom. The number of anilines is 1. The van der Waals surface area contributed by atoms with Gasteiger partial charge in [0.15, 0.2) is 6.29 Å². The zero-order valence-corrected chi connectivity index (χ0v) is 16.3. The summed E-state index contributed by atoms with van der Waals surface area (Å²) in [6, 6.07) is 7.73. The minimum atomic E-state index is 0.207. The van der Waals surface area contributed by atoms with Crippen molar-refractivity contribution in [2.45, 2.75) is 24.9 Å². The number of aldehydes is 1. The molecule has 3 aliphatic heterocycles. The van der Waals surface area contributed by atoms with Gasteiger partial charge in [0.05, 0.1) is 17.0 Å². The first kappa shape index (κ1) is 18.3. The number of para-hydroxylation sites is 1. The average Bonchev–Trinajstić information content (AvgIpc) is 3.04. The van der Waals surface area contributed by atoms with E-state index < -0.39 is 0 Å². The summed E-state index contributed by atoms with van der Waals surface area (Å²) in [4.78, 5) is 24.2. The number of piperazine rings is 1. The Bertz CT molecular complexity index is 1020. The highest BCUT2D eigenvalue weighted by molar-refractivity contribution is 5.73. The minimum absolute atomic E-state index is 0.207. The van der Waals surface area contributed by atoms with Gasteiger partial charge in [0.2, 0.25) is 5.95 Å². The van der Waals surface area contributed by atoms with Crippen LogP contribution in [0.1, 0.15) is 28.8 Å². The quantitative estimate of drug-likeness (QED) is 0.551. The number of nitrogens with one attached hydrogen (secondary N) is 2. The summed E-state index contributed by atoms with van der Waals surface area (Å²) >= 11 is 0. The maximum atomic E-state index is 10.9. The second-order valence-corrected chi connectivity index (χ2v) is 7.76. The Morgan fingerprint density at radius 1 is 1.10 bits per heavy atom. The highest BCUT2D eigenvalue weighted by atomic mass is 16.3. The van der Waals surface area contributed by atoms with Crippen LogP contribution in [0.25, 0.3) is 5.70 Å². The van der Waals surface area contributed by atoms with E-state index in [9.17, 15) is 9.90 Å². The Morgan fingerprint density at radius 2 is 1.80 bits per heavy atom. The first-order valence-corrected chi connectivity index (χ1v) is 9.96. The molecule has 0 radical (unpaired) electrons. The normalized spacial score (nSPS) is 23.0. The minimum Gasteiger partial charge on any atom is -0.507 e. The summed E-state index contributed by atoms with van der Waals surface area (Å²) in [7, 11) is 0. The maximum absolute atomic E-state index is 10.9. The van der Waals surface area contributed by atoms with E-state index in [-0.39, 0.29) is 17.8 Å². The van der Waals surface area contributed by atoms with Gasteiger partial charge in [-0.1, -0.05) is 12.1 Å². The number of nitrogens with two attached hydrogens (primary N) is 1. The van der Waals surface area contributed by atoms with E-state index in [1.807, 2.05) is 18.2 Å². The molecule has 1 aromatic carbocycles. The third-order valence-electron chi connectivity index (χ3n) is 5.93. The molecule has 2 unspecified atom stereocenters. The topological polar surface area (TPSA) is 120 Å². The van der Waals surface area contributed by atoms with Gasteiger partial charge in [0.25, 0.3) is 0 Å². The number of nitrogens with zero attached hydrogens (tertiary/aromatic N) is 4. The van der Waals surface area contributed by atoms with Crippen LogP contribution < -0.4 is 21.5 Å². The van der Waals surface area contributed by atoms with Gasteiger partial charge in [0, 0.05) is 43.1 Å². The van der Waals surface area contributed by atoms with Gasteiger partial charge in [-0.05, 0) is 31.1 Å². The van der Waals surface area contributed by atoms with Crippen LogP contribution in [0, 0.1) is 0 Å². The number of carbonyl (C=O) groups excluding carboxylic acids is 1. The van der Waals surface area contributed by atoms with E-state index in [0.717, 1.165) is 43.6 Å². The third-order valence-corrected chi connectivity index (χ3v) is 5.93. The molecular formula is C21H23N7O2. The molecule has 2 aromatic rings. The first-order valence-electron chi connectivity index (χ1n) is 9.96. The van der Waals surface area contributed by atoms with E-state index >= 15 is 0 Å². The lowest BCUT2D eigenvalue weighted by Gasteiger charge is -2.43. The Labute approximate surface area is 173 Å². The van der Waals surface area contributed by atoms with Gasteiger partial charge in [-0.2, -0.15) is 0 Å². The number of hydrazine groups is 1. The smallest absolute Gasteiger partial charge is 0.225 e. The van der Waals surface area contributed by atoms with Crippen LogP contribution in [-0.4, -0.2) is 51.4 Å². The standard InChI is InChI=1S/C21H23N7O2/c22-20-18(7-17(25-26-20)16-3-1-2-4-19(16)30)27-10-14-5-6-15(11-27)28(14)21-23-8-13(12-29)9-24-21/h1-4,7-9,12,14-15,25-26,30H,5-6,10-11,22H2. The largest absolute Gasteiger partial charge is 0.507 e. The van der Waals surface area contributed by atoms with Crippen LogP contribution >= 0.6 is 0 Å². The fraction of sp³-hybridized carbons (Fsp3) is 0.286. The molecule has 4 heterocycles. The van der Waals surface area contributed by atoms with Crippen molar-refractivity contribution >= 4 is 17.9 Å². The van der Waals surface area contributed by atoms with E-state index in [1.165, 1.54) is 0 Å².